The number of Topliss-reactive ketones (excluding diaryl/α,β-unsaturated/α-hetero) is 1. The molecule has 0 radical (unpaired) electrons. The van der Waals surface area contributed by atoms with Crippen molar-refractivity contribution in [1.29, 1.82) is 0 Å². The SMILES string of the molecule is CCOc1cc([C@@H]2C(=C(O)c3ccc4c(c3)C[C@H](C)O4)C(=O)C(=O)N2Cc2ccco2)ccc1OCc1ccccc1. The lowest BCUT2D eigenvalue weighted by atomic mass is 9.94. The fourth-order valence-electron chi connectivity index (χ4n) is 5.50. The molecule has 2 aliphatic rings. The third kappa shape index (κ3) is 5.23. The first-order valence-corrected chi connectivity index (χ1v) is 14.0. The molecule has 42 heavy (non-hydrogen) atoms. The van der Waals surface area contributed by atoms with E-state index < -0.39 is 17.7 Å². The van der Waals surface area contributed by atoms with E-state index in [9.17, 15) is 14.7 Å². The molecule has 214 valence electrons. The number of aliphatic hydroxyl groups excluding tert-OH is 1. The third-order valence-electron chi connectivity index (χ3n) is 7.44. The molecule has 1 aromatic heterocycles. The summed E-state index contributed by atoms with van der Waals surface area (Å²) in [6, 6.07) is 23.0. The molecule has 3 aromatic carbocycles. The Morgan fingerprint density at radius 2 is 1.81 bits per heavy atom. The zero-order valence-corrected chi connectivity index (χ0v) is 23.4. The van der Waals surface area contributed by atoms with Crippen molar-refractivity contribution < 1.29 is 33.3 Å². The van der Waals surface area contributed by atoms with E-state index in [0.717, 1.165) is 16.9 Å². The maximum atomic E-state index is 13.5. The second-order valence-electron chi connectivity index (χ2n) is 10.4. The Morgan fingerprint density at radius 3 is 2.57 bits per heavy atom. The van der Waals surface area contributed by atoms with Crippen molar-refractivity contribution in [3.63, 3.8) is 0 Å². The van der Waals surface area contributed by atoms with Crippen molar-refractivity contribution in [1.82, 2.24) is 4.90 Å². The highest BCUT2D eigenvalue weighted by molar-refractivity contribution is 6.46. The third-order valence-corrected chi connectivity index (χ3v) is 7.44. The van der Waals surface area contributed by atoms with Crippen LogP contribution in [0.1, 0.15) is 47.9 Å². The summed E-state index contributed by atoms with van der Waals surface area (Å²) < 4.78 is 23.3. The number of hydrogen-bond acceptors (Lipinski definition) is 7. The standard InChI is InChI=1S/C34H31NO7/c1-3-39-29-18-23(11-14-28(29)41-20-22-8-5-4-6-9-22)31-30(33(37)34(38)35(31)19-26-10-7-15-40-26)32(36)24-12-13-27-25(17-24)16-21(2)42-27/h4-15,17-18,21,31,36H,3,16,19-20H2,1-2H3/t21-,31+/m0/s1. The van der Waals surface area contributed by atoms with E-state index in [-0.39, 0.29) is 24.0 Å². The highest BCUT2D eigenvalue weighted by Crippen LogP contribution is 2.43. The van der Waals surface area contributed by atoms with Crippen LogP contribution in [0.3, 0.4) is 0 Å². The Bertz CT molecular complexity index is 1640. The van der Waals surface area contributed by atoms with Crippen LogP contribution in [0, 0.1) is 0 Å². The molecule has 2 aliphatic heterocycles. The Kier molecular flexibility index (Phi) is 7.44. The van der Waals surface area contributed by atoms with E-state index in [2.05, 4.69) is 0 Å². The first-order valence-electron chi connectivity index (χ1n) is 14.0. The summed E-state index contributed by atoms with van der Waals surface area (Å²) in [4.78, 5) is 28.4. The molecule has 1 N–H and O–H groups in total. The zero-order valence-electron chi connectivity index (χ0n) is 23.4. The summed E-state index contributed by atoms with van der Waals surface area (Å²) in [5.41, 5.74) is 2.98. The molecule has 0 aliphatic carbocycles. The van der Waals surface area contributed by atoms with Crippen LogP contribution in [0.15, 0.2) is 95.1 Å². The Labute approximate surface area is 243 Å². The van der Waals surface area contributed by atoms with Gasteiger partial charge in [-0.05, 0) is 73.0 Å². The van der Waals surface area contributed by atoms with Gasteiger partial charge in [0.25, 0.3) is 11.7 Å². The first kappa shape index (κ1) is 27.2. The van der Waals surface area contributed by atoms with E-state index in [0.29, 0.717) is 48.0 Å². The Morgan fingerprint density at radius 1 is 0.976 bits per heavy atom. The summed E-state index contributed by atoms with van der Waals surface area (Å²) in [6.07, 6.45) is 2.23. The lowest BCUT2D eigenvalue weighted by molar-refractivity contribution is -0.140. The molecule has 1 fully saturated rings. The topological polar surface area (TPSA) is 98.4 Å². The van der Waals surface area contributed by atoms with Gasteiger partial charge in [-0.15, -0.1) is 0 Å². The average Bonchev–Trinajstić information content (AvgIpc) is 3.71. The molecular formula is C34H31NO7. The van der Waals surface area contributed by atoms with E-state index in [1.54, 1.807) is 42.5 Å². The minimum absolute atomic E-state index is 0.00104. The summed E-state index contributed by atoms with van der Waals surface area (Å²) in [6.45, 7) is 4.62. The number of benzene rings is 3. The molecule has 8 nitrogen and oxygen atoms in total. The van der Waals surface area contributed by atoms with Gasteiger partial charge in [0.05, 0.1) is 31.0 Å². The van der Waals surface area contributed by atoms with Gasteiger partial charge in [0.1, 0.15) is 30.0 Å². The number of aliphatic hydroxyl groups is 1. The van der Waals surface area contributed by atoms with Crippen molar-refractivity contribution in [2.75, 3.05) is 6.61 Å². The Hall–Kier alpha value is -4.98. The summed E-state index contributed by atoms with van der Waals surface area (Å²) in [7, 11) is 0. The maximum absolute atomic E-state index is 13.5. The van der Waals surface area contributed by atoms with Gasteiger partial charge in [0.15, 0.2) is 11.5 Å². The molecule has 1 saturated heterocycles. The number of ether oxygens (including phenoxy) is 3. The lowest BCUT2D eigenvalue weighted by Gasteiger charge is -2.25. The Balaban J connectivity index is 1.42. The number of nitrogens with zero attached hydrogens (tertiary/aromatic N) is 1. The van der Waals surface area contributed by atoms with Gasteiger partial charge >= 0.3 is 0 Å². The van der Waals surface area contributed by atoms with E-state index >= 15 is 0 Å². The molecule has 2 atom stereocenters. The van der Waals surface area contributed by atoms with E-state index in [1.807, 2.05) is 50.2 Å². The van der Waals surface area contributed by atoms with Gasteiger partial charge in [0.2, 0.25) is 0 Å². The van der Waals surface area contributed by atoms with Crippen molar-refractivity contribution in [2.45, 2.75) is 45.6 Å². The number of furan rings is 1. The summed E-state index contributed by atoms with van der Waals surface area (Å²) >= 11 is 0. The van der Waals surface area contributed by atoms with Crippen LogP contribution in [-0.2, 0) is 29.2 Å². The molecule has 0 spiro atoms. The van der Waals surface area contributed by atoms with Crippen molar-refractivity contribution in [2.24, 2.45) is 0 Å². The van der Waals surface area contributed by atoms with Gasteiger partial charge in [-0.3, -0.25) is 9.59 Å². The average molecular weight is 566 g/mol. The van der Waals surface area contributed by atoms with Gasteiger partial charge in [-0.2, -0.15) is 0 Å². The first-order chi connectivity index (χ1) is 20.4. The largest absolute Gasteiger partial charge is 0.507 e. The summed E-state index contributed by atoms with van der Waals surface area (Å²) in [5.74, 6) is 0.526. The number of fused-ring (bicyclic) bond motifs is 1. The molecule has 3 heterocycles. The van der Waals surface area contributed by atoms with Crippen LogP contribution in [0.25, 0.3) is 5.76 Å². The molecule has 6 rings (SSSR count). The highest BCUT2D eigenvalue weighted by Gasteiger charge is 2.46. The van der Waals surface area contributed by atoms with Crippen LogP contribution in [0.5, 0.6) is 17.2 Å². The number of hydrogen-bond donors (Lipinski definition) is 1. The molecule has 1 amide bonds. The maximum Gasteiger partial charge on any atom is 0.296 e. The number of likely N-dealkylation sites (tertiary alicyclic amines) is 1. The highest BCUT2D eigenvalue weighted by atomic mass is 16.5. The molecule has 0 saturated carbocycles. The molecule has 8 heteroatoms. The minimum atomic E-state index is -0.888. The number of carbonyl (C=O) groups excluding carboxylic acids is 2. The van der Waals surface area contributed by atoms with Crippen LogP contribution in [-0.4, -0.2) is 34.4 Å². The minimum Gasteiger partial charge on any atom is -0.507 e. The van der Waals surface area contributed by atoms with Crippen LogP contribution in [0.4, 0.5) is 0 Å². The predicted molar refractivity (Wildman–Crippen MR) is 155 cm³/mol. The van der Waals surface area contributed by atoms with E-state index in [1.165, 1.54) is 11.2 Å². The fourth-order valence-corrected chi connectivity index (χ4v) is 5.50. The number of carbonyl (C=O) groups is 2. The van der Waals surface area contributed by atoms with Gasteiger partial charge < -0.3 is 28.6 Å². The smallest absolute Gasteiger partial charge is 0.296 e. The molecular weight excluding hydrogens is 534 g/mol. The van der Waals surface area contributed by atoms with Crippen LogP contribution < -0.4 is 14.2 Å². The summed E-state index contributed by atoms with van der Waals surface area (Å²) in [5, 5.41) is 11.6. The normalized spacial score (nSPS) is 19.0. The zero-order chi connectivity index (χ0) is 29.2. The second-order valence-corrected chi connectivity index (χ2v) is 10.4. The van der Waals surface area contributed by atoms with Gasteiger partial charge in [-0.1, -0.05) is 36.4 Å². The number of ketones is 1. The molecule has 4 aromatic rings. The number of rotatable bonds is 9. The quantitative estimate of drug-likeness (QED) is 0.147. The van der Waals surface area contributed by atoms with Crippen LogP contribution >= 0.6 is 0 Å². The van der Waals surface area contributed by atoms with Gasteiger partial charge in [-0.25, -0.2) is 0 Å². The lowest BCUT2D eigenvalue weighted by Crippen LogP contribution is -2.29. The molecule has 0 bridgehead atoms. The monoisotopic (exact) mass is 565 g/mol. The predicted octanol–water partition coefficient (Wildman–Crippen LogP) is 6.20. The van der Waals surface area contributed by atoms with Crippen molar-refractivity contribution in [3.05, 3.63) is 119 Å². The number of amides is 1. The fraction of sp³-hybridized carbons (Fsp3) is 0.235. The second kappa shape index (κ2) is 11.5. The van der Waals surface area contributed by atoms with E-state index in [4.69, 9.17) is 18.6 Å². The van der Waals surface area contributed by atoms with Gasteiger partial charge in [0, 0.05) is 12.0 Å². The van der Waals surface area contributed by atoms with Crippen molar-refractivity contribution in [3.8, 4) is 17.2 Å². The molecule has 0 unspecified atom stereocenters. The van der Waals surface area contributed by atoms with Crippen LogP contribution in [0.2, 0.25) is 0 Å². The van der Waals surface area contributed by atoms with Crippen molar-refractivity contribution >= 4 is 17.4 Å².